The highest BCUT2D eigenvalue weighted by atomic mass is 16.6. The first kappa shape index (κ1) is 11.8. The van der Waals surface area contributed by atoms with Crippen molar-refractivity contribution in [2.45, 2.75) is 26.3 Å². The van der Waals surface area contributed by atoms with Gasteiger partial charge < -0.3 is 10.1 Å². The maximum absolute atomic E-state index is 11.4. The summed E-state index contributed by atoms with van der Waals surface area (Å²) in [7, 11) is 0. The molecular formula is C13H18N2O2. The topological polar surface area (TPSA) is 41.6 Å². The van der Waals surface area contributed by atoms with Crippen molar-refractivity contribution in [3.05, 3.63) is 24.3 Å². The average molecular weight is 234 g/mol. The number of amides is 1. The van der Waals surface area contributed by atoms with Crippen LogP contribution in [-0.4, -0.2) is 25.3 Å². The number of benzene rings is 1. The zero-order valence-corrected chi connectivity index (χ0v) is 10.3. The summed E-state index contributed by atoms with van der Waals surface area (Å²) < 4.78 is 4.93. The van der Waals surface area contributed by atoms with Crippen LogP contribution in [0.5, 0.6) is 0 Å². The van der Waals surface area contributed by atoms with Crippen molar-refractivity contribution in [3.8, 4) is 0 Å². The molecule has 1 atom stereocenters. The Morgan fingerprint density at radius 2 is 2.35 bits per heavy atom. The van der Waals surface area contributed by atoms with Crippen molar-refractivity contribution in [1.82, 2.24) is 0 Å². The highest BCUT2D eigenvalue weighted by molar-refractivity contribution is 5.89. The fourth-order valence-corrected chi connectivity index (χ4v) is 1.78. The lowest BCUT2D eigenvalue weighted by Gasteiger charge is -2.17. The summed E-state index contributed by atoms with van der Waals surface area (Å²) in [6.07, 6.45) is 0.807. The van der Waals surface area contributed by atoms with E-state index >= 15 is 0 Å². The second-order valence-electron chi connectivity index (χ2n) is 4.27. The number of hydrogen-bond donors (Lipinski definition) is 1. The van der Waals surface area contributed by atoms with Crippen molar-refractivity contribution in [2.75, 3.05) is 23.4 Å². The van der Waals surface area contributed by atoms with Gasteiger partial charge in [0.2, 0.25) is 0 Å². The molecule has 0 aromatic heterocycles. The van der Waals surface area contributed by atoms with Crippen LogP contribution in [0.4, 0.5) is 16.2 Å². The summed E-state index contributed by atoms with van der Waals surface area (Å²) in [6.45, 7) is 5.38. The van der Waals surface area contributed by atoms with Gasteiger partial charge in [-0.2, -0.15) is 0 Å². The Labute approximate surface area is 102 Å². The molecule has 0 radical (unpaired) electrons. The molecule has 17 heavy (non-hydrogen) atoms. The highest BCUT2D eigenvalue weighted by Crippen LogP contribution is 2.22. The Morgan fingerprint density at radius 1 is 1.53 bits per heavy atom. The van der Waals surface area contributed by atoms with E-state index in [2.05, 4.69) is 19.2 Å². The van der Waals surface area contributed by atoms with Gasteiger partial charge in [0.15, 0.2) is 0 Å². The summed E-state index contributed by atoms with van der Waals surface area (Å²) in [5.74, 6) is 0. The van der Waals surface area contributed by atoms with Crippen molar-refractivity contribution in [3.63, 3.8) is 0 Å². The first-order chi connectivity index (χ1) is 8.20. The molecule has 1 aromatic carbocycles. The quantitative estimate of drug-likeness (QED) is 0.871. The monoisotopic (exact) mass is 234 g/mol. The van der Waals surface area contributed by atoms with E-state index in [4.69, 9.17) is 4.74 Å². The number of carbonyl (C=O) groups excluding carboxylic acids is 1. The lowest BCUT2D eigenvalue weighted by atomic mass is 10.2. The minimum Gasteiger partial charge on any atom is -0.447 e. The van der Waals surface area contributed by atoms with Crippen LogP contribution in [0.3, 0.4) is 0 Å². The van der Waals surface area contributed by atoms with Crippen molar-refractivity contribution >= 4 is 17.5 Å². The van der Waals surface area contributed by atoms with Gasteiger partial charge in [-0.25, -0.2) is 4.79 Å². The van der Waals surface area contributed by atoms with E-state index in [1.54, 1.807) is 4.90 Å². The van der Waals surface area contributed by atoms with Crippen LogP contribution in [0.1, 0.15) is 20.3 Å². The highest BCUT2D eigenvalue weighted by Gasteiger charge is 2.23. The molecule has 0 aliphatic carbocycles. The largest absolute Gasteiger partial charge is 0.447 e. The van der Waals surface area contributed by atoms with Crippen LogP contribution < -0.4 is 10.2 Å². The summed E-state index contributed by atoms with van der Waals surface area (Å²) in [5, 5.41) is 3.39. The van der Waals surface area contributed by atoms with Gasteiger partial charge in [-0.3, -0.25) is 4.90 Å². The van der Waals surface area contributed by atoms with E-state index < -0.39 is 0 Å². The Bertz CT molecular complexity index is 406. The normalized spacial score (nSPS) is 16.8. The fourth-order valence-electron chi connectivity index (χ4n) is 1.78. The maximum Gasteiger partial charge on any atom is 0.414 e. The third kappa shape index (κ3) is 2.70. The molecule has 92 valence electrons. The molecular weight excluding hydrogens is 216 g/mol. The van der Waals surface area contributed by atoms with Gasteiger partial charge >= 0.3 is 6.09 Å². The molecule has 2 rings (SSSR count). The number of anilines is 2. The minimum absolute atomic E-state index is 0.259. The fraction of sp³-hybridized carbons (Fsp3) is 0.462. The zero-order valence-electron chi connectivity index (χ0n) is 10.3. The van der Waals surface area contributed by atoms with Crippen molar-refractivity contribution < 1.29 is 9.53 Å². The Kier molecular flexibility index (Phi) is 3.52. The number of cyclic esters (lactones) is 1. The van der Waals surface area contributed by atoms with E-state index in [1.165, 1.54) is 0 Å². The number of nitrogens with zero attached hydrogens (tertiary/aromatic N) is 1. The predicted molar refractivity (Wildman–Crippen MR) is 68.5 cm³/mol. The predicted octanol–water partition coefficient (Wildman–Crippen LogP) is 2.85. The molecule has 4 heteroatoms. The molecule has 1 aliphatic heterocycles. The van der Waals surface area contributed by atoms with Gasteiger partial charge in [-0.15, -0.1) is 0 Å². The molecule has 0 bridgehead atoms. The molecule has 1 heterocycles. The molecule has 1 fully saturated rings. The van der Waals surface area contributed by atoms with E-state index in [0.29, 0.717) is 19.2 Å². The van der Waals surface area contributed by atoms with E-state index in [0.717, 1.165) is 17.8 Å². The lowest BCUT2D eigenvalue weighted by molar-refractivity contribution is 0.181. The van der Waals surface area contributed by atoms with Gasteiger partial charge in [0, 0.05) is 17.4 Å². The zero-order chi connectivity index (χ0) is 12.3. The molecule has 1 unspecified atom stereocenters. The van der Waals surface area contributed by atoms with Gasteiger partial charge in [0.1, 0.15) is 6.61 Å². The third-order valence-electron chi connectivity index (χ3n) is 2.94. The summed E-state index contributed by atoms with van der Waals surface area (Å²) in [4.78, 5) is 13.1. The second kappa shape index (κ2) is 5.08. The van der Waals surface area contributed by atoms with Crippen molar-refractivity contribution in [2.24, 2.45) is 0 Å². The average Bonchev–Trinajstić information content (AvgIpc) is 2.75. The molecule has 1 N–H and O–H groups in total. The summed E-state index contributed by atoms with van der Waals surface area (Å²) in [5.41, 5.74) is 1.93. The SMILES string of the molecule is CCC(C)Nc1cccc(N2CCOC2=O)c1. The molecule has 1 aromatic rings. The van der Waals surface area contributed by atoms with Crippen LogP contribution in [0.25, 0.3) is 0 Å². The molecule has 0 saturated carbocycles. The Hall–Kier alpha value is -1.71. The Morgan fingerprint density at radius 3 is 3.00 bits per heavy atom. The molecule has 1 saturated heterocycles. The number of carbonyl (C=O) groups is 1. The second-order valence-corrected chi connectivity index (χ2v) is 4.27. The van der Waals surface area contributed by atoms with Crippen LogP contribution in [0.15, 0.2) is 24.3 Å². The first-order valence-corrected chi connectivity index (χ1v) is 6.01. The van der Waals surface area contributed by atoms with E-state index in [-0.39, 0.29) is 6.09 Å². The summed E-state index contributed by atoms with van der Waals surface area (Å²) in [6, 6.07) is 8.30. The van der Waals surface area contributed by atoms with Gasteiger partial charge in [-0.1, -0.05) is 13.0 Å². The number of nitrogens with one attached hydrogen (secondary N) is 1. The number of rotatable bonds is 4. The number of ether oxygens (including phenoxy) is 1. The molecule has 1 amide bonds. The standard InChI is InChI=1S/C13H18N2O2/c1-3-10(2)14-11-5-4-6-12(9-11)15-7-8-17-13(15)16/h4-6,9-10,14H,3,7-8H2,1-2H3. The van der Waals surface area contributed by atoms with Crippen LogP contribution in [-0.2, 0) is 4.74 Å². The van der Waals surface area contributed by atoms with E-state index in [9.17, 15) is 4.79 Å². The first-order valence-electron chi connectivity index (χ1n) is 6.01. The molecule has 1 aliphatic rings. The van der Waals surface area contributed by atoms with E-state index in [1.807, 2.05) is 24.3 Å². The van der Waals surface area contributed by atoms with Crippen LogP contribution >= 0.6 is 0 Å². The van der Waals surface area contributed by atoms with Gasteiger partial charge in [0.25, 0.3) is 0 Å². The lowest BCUT2D eigenvalue weighted by Crippen LogP contribution is -2.23. The Balaban J connectivity index is 2.13. The smallest absolute Gasteiger partial charge is 0.414 e. The number of hydrogen-bond acceptors (Lipinski definition) is 3. The van der Waals surface area contributed by atoms with Crippen LogP contribution in [0, 0.1) is 0 Å². The minimum atomic E-state index is -0.259. The van der Waals surface area contributed by atoms with Gasteiger partial charge in [0.05, 0.1) is 6.54 Å². The molecule has 0 spiro atoms. The van der Waals surface area contributed by atoms with Crippen LogP contribution in [0.2, 0.25) is 0 Å². The van der Waals surface area contributed by atoms with Crippen molar-refractivity contribution in [1.29, 1.82) is 0 Å². The summed E-state index contributed by atoms with van der Waals surface area (Å²) >= 11 is 0. The third-order valence-corrected chi connectivity index (χ3v) is 2.94. The maximum atomic E-state index is 11.4. The van der Waals surface area contributed by atoms with Gasteiger partial charge in [-0.05, 0) is 31.5 Å². The molecule has 4 nitrogen and oxygen atoms in total.